The lowest BCUT2D eigenvalue weighted by atomic mass is 9.97. The van der Waals surface area contributed by atoms with Crippen molar-refractivity contribution in [3.05, 3.63) is 134 Å². The number of carbonyl (C=O) groups is 1. The van der Waals surface area contributed by atoms with Crippen LogP contribution in [0, 0.1) is 6.92 Å². The van der Waals surface area contributed by atoms with Crippen LogP contribution >= 0.6 is 15.9 Å². The summed E-state index contributed by atoms with van der Waals surface area (Å²) in [6.07, 6.45) is 0. The Morgan fingerprint density at radius 1 is 0.897 bits per heavy atom. The number of anilines is 1. The number of ether oxygens (including phenoxy) is 2. The molecule has 1 aromatic heterocycles. The minimum Gasteiger partial charge on any atom is -0.493 e. The van der Waals surface area contributed by atoms with Crippen molar-refractivity contribution in [3.63, 3.8) is 0 Å². The quantitative estimate of drug-likeness (QED) is 0.212. The molecule has 5 aromatic rings. The predicted octanol–water partition coefficient (Wildman–Crippen LogP) is 7.20. The molecule has 0 saturated carbocycles. The molecule has 0 N–H and O–H groups in total. The van der Waals surface area contributed by atoms with Crippen molar-refractivity contribution in [1.29, 1.82) is 0 Å². The van der Waals surface area contributed by atoms with Gasteiger partial charge in [0.1, 0.15) is 12.2 Å². The Balaban J connectivity index is 1.49. The fraction of sp³-hybridized carbons (Fsp3) is 0.125. The maximum absolute atomic E-state index is 13.9. The molecule has 1 aliphatic rings. The maximum Gasteiger partial charge on any atom is 0.295 e. The van der Waals surface area contributed by atoms with Crippen molar-refractivity contribution in [1.82, 2.24) is 0 Å². The molecule has 1 atom stereocenters. The average molecular weight is 582 g/mol. The molecule has 1 aliphatic heterocycles. The standard InChI is InChI=1S/C32H24BrNO5/c1-19-8-12-23(13-9-19)34-29(28-30(35)24-17-22(33)11-15-25(24)39-31(28)32(34)36)21-10-14-26(27(16-21)37-2)38-18-20-6-4-3-5-7-20/h3-17,29H,18H2,1-2H3. The normalized spacial score (nSPS) is 14.5. The van der Waals surface area contributed by atoms with Gasteiger partial charge in [0.25, 0.3) is 5.91 Å². The SMILES string of the molecule is COc1cc(C2c3c(oc4ccc(Br)cc4c3=O)C(=O)N2c2ccc(C)cc2)ccc1OCc1ccccc1. The van der Waals surface area contributed by atoms with E-state index in [0.29, 0.717) is 45.9 Å². The third-order valence-electron chi connectivity index (χ3n) is 6.88. The third kappa shape index (κ3) is 4.49. The maximum atomic E-state index is 13.9. The number of rotatable bonds is 6. The molecular weight excluding hydrogens is 558 g/mol. The summed E-state index contributed by atoms with van der Waals surface area (Å²) < 4.78 is 18.6. The lowest BCUT2D eigenvalue weighted by molar-refractivity contribution is 0.0971. The zero-order valence-corrected chi connectivity index (χ0v) is 22.9. The molecule has 7 heteroatoms. The first-order valence-corrected chi connectivity index (χ1v) is 13.2. The van der Waals surface area contributed by atoms with Crippen molar-refractivity contribution in [3.8, 4) is 11.5 Å². The highest BCUT2D eigenvalue weighted by atomic mass is 79.9. The van der Waals surface area contributed by atoms with E-state index >= 15 is 0 Å². The van der Waals surface area contributed by atoms with Crippen LogP contribution in [0.5, 0.6) is 11.5 Å². The highest BCUT2D eigenvalue weighted by molar-refractivity contribution is 9.10. The Labute approximate surface area is 233 Å². The summed E-state index contributed by atoms with van der Waals surface area (Å²) in [5.74, 6) is 0.736. The smallest absolute Gasteiger partial charge is 0.295 e. The van der Waals surface area contributed by atoms with Gasteiger partial charge in [0.15, 0.2) is 16.9 Å². The topological polar surface area (TPSA) is 69.0 Å². The van der Waals surface area contributed by atoms with Gasteiger partial charge in [-0.1, -0.05) is 70.0 Å². The molecule has 0 spiro atoms. The van der Waals surface area contributed by atoms with Crippen LogP contribution < -0.4 is 19.8 Å². The summed E-state index contributed by atoms with van der Waals surface area (Å²) in [5, 5.41) is 0.404. The van der Waals surface area contributed by atoms with Crippen molar-refractivity contribution in [2.75, 3.05) is 12.0 Å². The molecule has 39 heavy (non-hydrogen) atoms. The van der Waals surface area contributed by atoms with Crippen molar-refractivity contribution in [2.45, 2.75) is 19.6 Å². The number of methoxy groups -OCH3 is 1. The third-order valence-corrected chi connectivity index (χ3v) is 7.38. The Morgan fingerprint density at radius 3 is 2.41 bits per heavy atom. The lowest BCUT2D eigenvalue weighted by Gasteiger charge is -2.26. The fourth-order valence-corrected chi connectivity index (χ4v) is 5.30. The van der Waals surface area contributed by atoms with Gasteiger partial charge in [-0.15, -0.1) is 0 Å². The number of nitrogens with zero attached hydrogens (tertiary/aromatic N) is 1. The van der Waals surface area contributed by atoms with E-state index in [2.05, 4.69) is 15.9 Å². The van der Waals surface area contributed by atoms with Crippen LogP contribution in [0.3, 0.4) is 0 Å². The van der Waals surface area contributed by atoms with E-state index in [1.165, 1.54) is 0 Å². The van der Waals surface area contributed by atoms with Crippen LogP contribution in [0.2, 0.25) is 0 Å². The molecule has 4 aromatic carbocycles. The molecule has 6 nitrogen and oxygen atoms in total. The fourth-order valence-electron chi connectivity index (χ4n) is 4.94. The van der Waals surface area contributed by atoms with Crippen LogP contribution in [0.4, 0.5) is 5.69 Å². The largest absolute Gasteiger partial charge is 0.493 e. The van der Waals surface area contributed by atoms with Crippen LogP contribution in [-0.4, -0.2) is 13.0 Å². The van der Waals surface area contributed by atoms with E-state index in [1.807, 2.05) is 79.7 Å². The number of fused-ring (bicyclic) bond motifs is 2. The van der Waals surface area contributed by atoms with E-state index in [9.17, 15) is 9.59 Å². The molecule has 0 radical (unpaired) electrons. The van der Waals surface area contributed by atoms with Gasteiger partial charge in [0, 0.05) is 10.2 Å². The Morgan fingerprint density at radius 2 is 1.67 bits per heavy atom. The number of aryl methyl sites for hydroxylation is 1. The summed E-state index contributed by atoms with van der Waals surface area (Å²) in [5.41, 5.74) is 3.87. The van der Waals surface area contributed by atoms with E-state index in [0.717, 1.165) is 15.6 Å². The molecule has 194 valence electrons. The van der Waals surface area contributed by atoms with Crippen LogP contribution in [0.25, 0.3) is 11.0 Å². The number of hydrogen-bond donors (Lipinski definition) is 0. The molecule has 1 amide bonds. The van der Waals surface area contributed by atoms with Gasteiger partial charge < -0.3 is 13.9 Å². The second-order valence-corrected chi connectivity index (χ2v) is 10.3. The summed E-state index contributed by atoms with van der Waals surface area (Å²) in [6, 6.07) is 27.5. The van der Waals surface area contributed by atoms with Gasteiger partial charge >= 0.3 is 0 Å². The minimum absolute atomic E-state index is 0.0452. The molecule has 0 aliphatic carbocycles. The van der Waals surface area contributed by atoms with E-state index in [4.69, 9.17) is 13.9 Å². The second kappa shape index (κ2) is 10.1. The first-order chi connectivity index (χ1) is 18.9. The number of carbonyl (C=O) groups excluding carboxylic acids is 1. The van der Waals surface area contributed by atoms with Crippen molar-refractivity contribution >= 4 is 38.5 Å². The van der Waals surface area contributed by atoms with Crippen LogP contribution in [-0.2, 0) is 6.61 Å². The van der Waals surface area contributed by atoms with E-state index in [1.54, 1.807) is 30.2 Å². The highest BCUT2D eigenvalue weighted by Gasteiger charge is 2.44. The van der Waals surface area contributed by atoms with E-state index in [-0.39, 0.29) is 17.1 Å². The first kappa shape index (κ1) is 24.9. The first-order valence-electron chi connectivity index (χ1n) is 12.5. The van der Waals surface area contributed by atoms with Gasteiger partial charge in [-0.2, -0.15) is 0 Å². The predicted molar refractivity (Wildman–Crippen MR) is 154 cm³/mol. The second-order valence-electron chi connectivity index (χ2n) is 9.41. The molecule has 0 bridgehead atoms. The van der Waals surface area contributed by atoms with Crippen LogP contribution in [0.15, 0.2) is 105 Å². The number of hydrogen-bond acceptors (Lipinski definition) is 5. The minimum atomic E-state index is -0.716. The molecule has 0 fully saturated rings. The molecule has 2 heterocycles. The van der Waals surface area contributed by atoms with Crippen molar-refractivity contribution in [2.24, 2.45) is 0 Å². The van der Waals surface area contributed by atoms with Gasteiger partial charge in [0.2, 0.25) is 5.76 Å². The van der Waals surface area contributed by atoms with Crippen molar-refractivity contribution < 1.29 is 18.7 Å². The van der Waals surface area contributed by atoms with Gasteiger partial charge in [0.05, 0.1) is 24.1 Å². The van der Waals surface area contributed by atoms with Gasteiger partial charge in [-0.25, -0.2) is 0 Å². The Bertz CT molecular complexity index is 1760. The summed E-state index contributed by atoms with van der Waals surface area (Å²) >= 11 is 3.44. The molecule has 6 rings (SSSR count). The number of benzene rings is 4. The number of halogens is 1. The highest BCUT2D eigenvalue weighted by Crippen LogP contribution is 2.43. The average Bonchev–Trinajstić information content (AvgIpc) is 3.25. The van der Waals surface area contributed by atoms with Gasteiger partial charge in [-0.05, 0) is 60.5 Å². The molecule has 0 saturated heterocycles. The van der Waals surface area contributed by atoms with Crippen LogP contribution in [0.1, 0.15) is 38.9 Å². The summed E-state index contributed by atoms with van der Waals surface area (Å²) in [6.45, 7) is 2.36. The van der Waals surface area contributed by atoms with Gasteiger partial charge in [-0.3, -0.25) is 14.5 Å². The zero-order chi connectivity index (χ0) is 27.1. The lowest BCUT2D eigenvalue weighted by Crippen LogP contribution is -2.29. The van der Waals surface area contributed by atoms with E-state index < -0.39 is 6.04 Å². The molecule has 1 unspecified atom stereocenters. The summed E-state index contributed by atoms with van der Waals surface area (Å²) in [4.78, 5) is 29.3. The molecular formula is C32H24BrNO5. The monoisotopic (exact) mass is 581 g/mol. The number of amides is 1. The summed E-state index contributed by atoms with van der Waals surface area (Å²) in [7, 11) is 1.57. The Hall–Kier alpha value is -4.36. The zero-order valence-electron chi connectivity index (χ0n) is 21.3. The Kier molecular flexibility index (Phi) is 6.45.